The van der Waals surface area contributed by atoms with E-state index in [1.165, 1.54) is 16.7 Å². The Balaban J connectivity index is 1.57. The van der Waals surface area contributed by atoms with Gasteiger partial charge in [-0.15, -0.1) is 0 Å². The van der Waals surface area contributed by atoms with Crippen LogP contribution < -0.4 is 10.2 Å². The van der Waals surface area contributed by atoms with Crippen molar-refractivity contribution in [2.75, 3.05) is 13.1 Å². The molecular formula is C18H23FN3O+. The number of nitrogens with zero attached hydrogens (tertiary/aromatic N) is 1. The number of rotatable bonds is 5. The molecule has 5 heteroatoms. The van der Waals surface area contributed by atoms with Gasteiger partial charge in [-0.25, -0.2) is 4.39 Å². The Kier molecular flexibility index (Phi) is 4.76. The first kappa shape index (κ1) is 15.7. The number of aromatic nitrogens is 1. The molecule has 0 bridgehead atoms. The third-order valence-corrected chi connectivity index (χ3v) is 4.65. The lowest BCUT2D eigenvalue weighted by molar-refractivity contribution is -0.911. The lowest BCUT2D eigenvalue weighted by atomic mass is 10.1. The van der Waals surface area contributed by atoms with Crippen LogP contribution in [0.3, 0.4) is 0 Å². The molecule has 0 spiro atoms. The zero-order valence-corrected chi connectivity index (χ0v) is 13.4. The summed E-state index contributed by atoms with van der Waals surface area (Å²) in [7, 11) is 2.05. The van der Waals surface area contributed by atoms with Gasteiger partial charge < -0.3 is 14.8 Å². The minimum absolute atomic E-state index is 0.0237. The standard InChI is InChI=1S/C18H22FN3O/c1-21-10-4-8-16(21)17-9-5-11-22(17)13-18(23)20-12-14-6-2-3-7-15(14)19/h2-4,6-8,10,17H,5,9,11-13H2,1H3,(H,20,23)/p+1/t17-/m1/s1. The Morgan fingerprint density at radius 3 is 2.91 bits per heavy atom. The van der Waals surface area contributed by atoms with Gasteiger partial charge in [0.2, 0.25) is 0 Å². The van der Waals surface area contributed by atoms with Crippen molar-refractivity contribution in [2.24, 2.45) is 7.05 Å². The van der Waals surface area contributed by atoms with Crippen molar-refractivity contribution in [3.8, 4) is 0 Å². The van der Waals surface area contributed by atoms with Crippen LogP contribution >= 0.6 is 0 Å². The zero-order chi connectivity index (χ0) is 16.2. The summed E-state index contributed by atoms with van der Waals surface area (Å²) in [4.78, 5) is 13.5. The Morgan fingerprint density at radius 2 is 2.17 bits per heavy atom. The number of quaternary nitrogens is 1. The predicted octanol–water partition coefficient (Wildman–Crippen LogP) is 1.20. The first-order valence-corrected chi connectivity index (χ1v) is 8.11. The number of aryl methyl sites for hydroxylation is 1. The van der Waals surface area contributed by atoms with E-state index in [4.69, 9.17) is 0 Å². The van der Waals surface area contributed by atoms with E-state index >= 15 is 0 Å². The van der Waals surface area contributed by atoms with Crippen LogP contribution in [0.4, 0.5) is 4.39 Å². The van der Waals surface area contributed by atoms with E-state index in [1.807, 2.05) is 19.3 Å². The first-order chi connectivity index (χ1) is 11.1. The minimum Gasteiger partial charge on any atom is -0.350 e. The monoisotopic (exact) mass is 316 g/mol. The topological polar surface area (TPSA) is 38.5 Å². The summed E-state index contributed by atoms with van der Waals surface area (Å²) in [6, 6.07) is 11.1. The molecule has 0 aliphatic carbocycles. The van der Waals surface area contributed by atoms with E-state index in [1.54, 1.807) is 18.2 Å². The number of halogens is 1. The molecule has 1 aliphatic heterocycles. The van der Waals surface area contributed by atoms with Crippen LogP contribution in [0.2, 0.25) is 0 Å². The number of benzene rings is 1. The van der Waals surface area contributed by atoms with Crippen LogP contribution in [0.1, 0.15) is 30.1 Å². The van der Waals surface area contributed by atoms with Gasteiger partial charge in [-0.05, 0) is 18.2 Å². The number of carbonyl (C=O) groups excluding carboxylic acids is 1. The molecule has 1 amide bonds. The first-order valence-electron chi connectivity index (χ1n) is 8.11. The van der Waals surface area contributed by atoms with Crippen molar-refractivity contribution in [3.63, 3.8) is 0 Å². The fourth-order valence-electron chi connectivity index (χ4n) is 3.42. The normalized spacial score (nSPS) is 20.6. The summed E-state index contributed by atoms with van der Waals surface area (Å²) in [6.07, 6.45) is 4.28. The molecule has 2 aromatic rings. The third-order valence-electron chi connectivity index (χ3n) is 4.65. The molecule has 3 rings (SSSR count). The average molecular weight is 316 g/mol. The lowest BCUT2D eigenvalue weighted by Crippen LogP contribution is -3.11. The SMILES string of the molecule is Cn1cccc1[C@H]1CCC[NH+]1CC(=O)NCc1ccccc1F. The van der Waals surface area contributed by atoms with E-state index < -0.39 is 0 Å². The smallest absolute Gasteiger partial charge is 0.275 e. The van der Waals surface area contributed by atoms with Crippen LogP contribution in [0.5, 0.6) is 0 Å². The summed E-state index contributed by atoms with van der Waals surface area (Å²) in [6.45, 7) is 1.68. The van der Waals surface area contributed by atoms with Crippen molar-refractivity contribution in [3.05, 3.63) is 59.7 Å². The highest BCUT2D eigenvalue weighted by Crippen LogP contribution is 2.18. The van der Waals surface area contributed by atoms with Gasteiger partial charge in [-0.1, -0.05) is 18.2 Å². The quantitative estimate of drug-likeness (QED) is 0.855. The van der Waals surface area contributed by atoms with Crippen LogP contribution in [-0.4, -0.2) is 23.6 Å². The maximum absolute atomic E-state index is 13.6. The summed E-state index contributed by atoms with van der Waals surface area (Å²) in [5.41, 5.74) is 1.80. The Bertz CT molecular complexity index is 682. The number of carbonyl (C=O) groups is 1. The molecule has 1 aliphatic rings. The highest BCUT2D eigenvalue weighted by Gasteiger charge is 2.32. The largest absolute Gasteiger partial charge is 0.350 e. The third kappa shape index (κ3) is 3.62. The van der Waals surface area contributed by atoms with Crippen LogP contribution in [0.25, 0.3) is 0 Å². The Labute approximate surface area is 135 Å². The summed E-state index contributed by atoms with van der Waals surface area (Å²) < 4.78 is 15.7. The van der Waals surface area contributed by atoms with Gasteiger partial charge in [0.05, 0.1) is 12.2 Å². The van der Waals surface area contributed by atoms with Gasteiger partial charge in [-0.3, -0.25) is 4.79 Å². The van der Waals surface area contributed by atoms with Crippen molar-refractivity contribution in [1.82, 2.24) is 9.88 Å². The summed E-state index contributed by atoms with van der Waals surface area (Å²) in [5, 5.41) is 2.84. The summed E-state index contributed by atoms with van der Waals surface area (Å²) >= 11 is 0. The van der Waals surface area contributed by atoms with Crippen LogP contribution in [0.15, 0.2) is 42.6 Å². The molecule has 1 aromatic carbocycles. The fourth-order valence-corrected chi connectivity index (χ4v) is 3.42. The Hall–Kier alpha value is -2.14. The molecule has 2 N–H and O–H groups in total. The molecule has 1 unspecified atom stereocenters. The fraction of sp³-hybridized carbons (Fsp3) is 0.389. The van der Waals surface area contributed by atoms with Crippen LogP contribution in [0, 0.1) is 5.82 Å². The number of nitrogens with one attached hydrogen (secondary N) is 2. The van der Waals surface area contributed by atoms with Gasteiger partial charge in [0, 0.05) is 38.2 Å². The van der Waals surface area contributed by atoms with Crippen LogP contribution in [-0.2, 0) is 18.4 Å². The predicted molar refractivity (Wildman–Crippen MR) is 86.3 cm³/mol. The number of hydrogen-bond acceptors (Lipinski definition) is 1. The van der Waals surface area contributed by atoms with E-state index in [2.05, 4.69) is 16.0 Å². The van der Waals surface area contributed by atoms with E-state index in [9.17, 15) is 9.18 Å². The molecular weight excluding hydrogens is 293 g/mol. The number of amides is 1. The van der Waals surface area contributed by atoms with E-state index in [-0.39, 0.29) is 18.3 Å². The van der Waals surface area contributed by atoms with Gasteiger partial charge in [0.15, 0.2) is 6.54 Å². The molecule has 1 aromatic heterocycles. The van der Waals surface area contributed by atoms with Gasteiger partial charge in [0.25, 0.3) is 5.91 Å². The lowest BCUT2D eigenvalue weighted by Gasteiger charge is -2.21. The Morgan fingerprint density at radius 1 is 1.35 bits per heavy atom. The van der Waals surface area contributed by atoms with Crippen molar-refractivity contribution in [2.45, 2.75) is 25.4 Å². The minimum atomic E-state index is -0.275. The molecule has 1 fully saturated rings. The van der Waals surface area contributed by atoms with Crippen molar-refractivity contribution >= 4 is 5.91 Å². The second-order valence-corrected chi connectivity index (χ2v) is 6.19. The molecule has 0 saturated carbocycles. The molecule has 2 heterocycles. The van der Waals surface area contributed by atoms with Crippen molar-refractivity contribution in [1.29, 1.82) is 0 Å². The molecule has 23 heavy (non-hydrogen) atoms. The van der Waals surface area contributed by atoms with E-state index in [0.717, 1.165) is 19.4 Å². The van der Waals surface area contributed by atoms with E-state index in [0.29, 0.717) is 18.2 Å². The second-order valence-electron chi connectivity index (χ2n) is 6.19. The molecule has 1 saturated heterocycles. The molecule has 2 atom stereocenters. The van der Waals surface area contributed by atoms with Gasteiger partial charge in [0.1, 0.15) is 11.9 Å². The number of hydrogen-bond donors (Lipinski definition) is 2. The number of likely N-dealkylation sites (tertiary alicyclic amines) is 1. The maximum Gasteiger partial charge on any atom is 0.275 e. The van der Waals surface area contributed by atoms with Crippen molar-refractivity contribution < 1.29 is 14.1 Å². The molecule has 122 valence electrons. The second kappa shape index (κ2) is 6.96. The molecule has 4 nitrogen and oxygen atoms in total. The maximum atomic E-state index is 13.6. The van der Waals surface area contributed by atoms with Gasteiger partial charge >= 0.3 is 0 Å². The van der Waals surface area contributed by atoms with Gasteiger partial charge in [-0.2, -0.15) is 0 Å². The highest BCUT2D eigenvalue weighted by molar-refractivity contribution is 5.76. The highest BCUT2D eigenvalue weighted by atomic mass is 19.1. The molecule has 0 radical (unpaired) electrons. The zero-order valence-electron chi connectivity index (χ0n) is 13.4. The summed E-state index contributed by atoms with van der Waals surface area (Å²) in [5.74, 6) is -0.299. The average Bonchev–Trinajstić information content (AvgIpc) is 3.15.